The van der Waals surface area contributed by atoms with Gasteiger partial charge in [0.05, 0.1) is 17.6 Å². The van der Waals surface area contributed by atoms with Crippen molar-refractivity contribution in [2.75, 3.05) is 0 Å². The number of carbonyl (C=O) groups is 2. The Balaban J connectivity index is 3.02. The minimum absolute atomic E-state index is 0.0599. The quantitative estimate of drug-likeness (QED) is 0.525. The fourth-order valence-electron chi connectivity index (χ4n) is 1.34. The van der Waals surface area contributed by atoms with Crippen molar-refractivity contribution in [3.8, 4) is 0 Å². The smallest absolute Gasteiger partial charge is 0.177 e. The van der Waals surface area contributed by atoms with Crippen molar-refractivity contribution < 1.29 is 9.59 Å². The summed E-state index contributed by atoms with van der Waals surface area (Å²) in [7, 11) is -1.61. The zero-order chi connectivity index (χ0) is 10.9. The third kappa shape index (κ3) is 2.19. The van der Waals surface area contributed by atoms with Crippen LogP contribution in [0.2, 0.25) is 26.2 Å². The fourth-order valence-corrected chi connectivity index (χ4v) is 3.31. The molecule has 0 unspecified atom stereocenters. The number of ketones is 2. The maximum Gasteiger partial charge on any atom is 0.177 e. The predicted octanol–water partition coefficient (Wildman–Crippen LogP) is 1.58. The minimum atomic E-state index is -0.807. The van der Waals surface area contributed by atoms with E-state index >= 15 is 0 Å². The molecular weight excluding hydrogens is 208 g/mol. The lowest BCUT2D eigenvalue weighted by molar-refractivity contribution is -0.114. The molecule has 0 spiro atoms. The van der Waals surface area contributed by atoms with Gasteiger partial charge in [-0.2, -0.15) is 0 Å². The second kappa shape index (κ2) is 4.19. The number of allylic oxidation sites excluding steroid dienone is 4. The lowest BCUT2D eigenvalue weighted by Crippen LogP contribution is -2.25. The Hall–Kier alpha value is -0.746. The zero-order valence-corrected chi connectivity index (χ0v) is 11.0. The van der Waals surface area contributed by atoms with E-state index in [1.54, 1.807) is 12.2 Å². The number of rotatable bonds is 2. The molecule has 0 aromatic carbocycles. The summed E-state index contributed by atoms with van der Waals surface area (Å²) in [6, 6.07) is 0. The Morgan fingerprint density at radius 1 is 0.786 bits per heavy atom. The van der Waals surface area contributed by atoms with E-state index in [2.05, 4.69) is 0 Å². The van der Waals surface area contributed by atoms with Crippen LogP contribution in [0.4, 0.5) is 0 Å². The maximum atomic E-state index is 11.6. The van der Waals surface area contributed by atoms with Gasteiger partial charge in [0.2, 0.25) is 0 Å². The molecule has 0 aromatic rings. The topological polar surface area (TPSA) is 34.1 Å². The molecule has 0 heterocycles. The van der Waals surface area contributed by atoms with Crippen LogP contribution in [0.15, 0.2) is 22.5 Å². The van der Waals surface area contributed by atoms with Gasteiger partial charge in [-0.05, 0) is 22.5 Å². The zero-order valence-electron chi connectivity index (χ0n) is 8.97. The molecule has 2 radical (unpaired) electrons. The summed E-state index contributed by atoms with van der Waals surface area (Å²) < 4.78 is 0. The van der Waals surface area contributed by atoms with Gasteiger partial charge < -0.3 is 0 Å². The van der Waals surface area contributed by atoms with Crippen LogP contribution >= 0.6 is 0 Å². The lowest BCUT2D eigenvalue weighted by Gasteiger charge is -2.15. The summed E-state index contributed by atoms with van der Waals surface area (Å²) in [5, 5.41) is 1.49. The standard InChI is InChI=1S/C10H14O2Si2/c1-13(2)9-5-8(12)10(14(3)4)6-7(9)11/h5-6H,1-4H3. The average Bonchev–Trinajstić information content (AvgIpc) is 2.07. The van der Waals surface area contributed by atoms with Crippen LogP contribution in [0.3, 0.4) is 0 Å². The molecule has 0 saturated heterocycles. The molecule has 0 fully saturated rings. The lowest BCUT2D eigenvalue weighted by atomic mass is 10.1. The van der Waals surface area contributed by atoms with Gasteiger partial charge in [0.15, 0.2) is 11.6 Å². The van der Waals surface area contributed by atoms with Crippen LogP contribution in [-0.2, 0) is 9.59 Å². The summed E-state index contributed by atoms with van der Waals surface area (Å²) in [6.45, 7) is 8.13. The van der Waals surface area contributed by atoms with Gasteiger partial charge in [0.25, 0.3) is 0 Å². The SMILES string of the molecule is C[Si](C)C1=CC(=O)C([Si](C)C)=CC1=O. The van der Waals surface area contributed by atoms with E-state index in [4.69, 9.17) is 0 Å². The van der Waals surface area contributed by atoms with E-state index in [0.717, 1.165) is 10.4 Å². The molecule has 0 saturated carbocycles. The molecule has 0 amide bonds. The molecule has 4 heteroatoms. The van der Waals surface area contributed by atoms with Crippen LogP contribution in [0.1, 0.15) is 0 Å². The van der Waals surface area contributed by atoms with E-state index in [1.807, 2.05) is 26.2 Å². The van der Waals surface area contributed by atoms with Crippen LogP contribution in [-0.4, -0.2) is 29.2 Å². The molecular formula is C10H14O2Si2. The Labute approximate surface area is 87.9 Å². The average molecular weight is 222 g/mol. The minimum Gasteiger partial charge on any atom is -0.290 e. The van der Waals surface area contributed by atoms with Gasteiger partial charge in [0, 0.05) is 0 Å². The van der Waals surface area contributed by atoms with Crippen molar-refractivity contribution in [3.63, 3.8) is 0 Å². The van der Waals surface area contributed by atoms with Gasteiger partial charge in [0.1, 0.15) is 0 Å². The molecule has 2 nitrogen and oxygen atoms in total. The van der Waals surface area contributed by atoms with E-state index in [1.165, 1.54) is 0 Å². The predicted molar refractivity (Wildman–Crippen MR) is 61.1 cm³/mol. The molecule has 0 N–H and O–H groups in total. The maximum absolute atomic E-state index is 11.6. The number of carbonyl (C=O) groups excluding carboxylic acids is 2. The molecule has 0 aliphatic heterocycles. The molecule has 74 valence electrons. The summed E-state index contributed by atoms with van der Waals surface area (Å²) in [4.78, 5) is 23.3. The van der Waals surface area contributed by atoms with Gasteiger partial charge >= 0.3 is 0 Å². The summed E-state index contributed by atoms with van der Waals surface area (Å²) in [6.07, 6.45) is 3.12. The van der Waals surface area contributed by atoms with Crippen LogP contribution in [0, 0.1) is 0 Å². The van der Waals surface area contributed by atoms with E-state index in [-0.39, 0.29) is 11.6 Å². The summed E-state index contributed by atoms with van der Waals surface area (Å²) >= 11 is 0. The van der Waals surface area contributed by atoms with Crippen LogP contribution in [0.5, 0.6) is 0 Å². The Bertz CT molecular complexity index is 304. The van der Waals surface area contributed by atoms with E-state index < -0.39 is 17.6 Å². The fraction of sp³-hybridized carbons (Fsp3) is 0.400. The van der Waals surface area contributed by atoms with Gasteiger partial charge in [-0.25, -0.2) is 0 Å². The van der Waals surface area contributed by atoms with Crippen molar-refractivity contribution in [1.82, 2.24) is 0 Å². The molecule has 0 bridgehead atoms. The highest BCUT2D eigenvalue weighted by molar-refractivity contribution is 6.76. The summed E-state index contributed by atoms with van der Waals surface area (Å²) in [5.74, 6) is 0.120. The monoisotopic (exact) mass is 222 g/mol. The van der Waals surface area contributed by atoms with Gasteiger partial charge in [-0.1, -0.05) is 26.2 Å². The van der Waals surface area contributed by atoms with Crippen molar-refractivity contribution in [3.05, 3.63) is 22.5 Å². The normalized spacial score (nSPS) is 17.6. The first-order valence-electron chi connectivity index (χ1n) is 4.56. The molecule has 1 rings (SSSR count). The highest BCUT2D eigenvalue weighted by Gasteiger charge is 2.24. The first-order chi connectivity index (χ1) is 6.43. The number of hydrogen-bond acceptors (Lipinski definition) is 2. The molecule has 14 heavy (non-hydrogen) atoms. The van der Waals surface area contributed by atoms with Crippen LogP contribution in [0.25, 0.3) is 0 Å². The van der Waals surface area contributed by atoms with E-state index in [0.29, 0.717) is 0 Å². The second-order valence-corrected chi connectivity index (χ2v) is 8.92. The Kier molecular flexibility index (Phi) is 3.39. The second-order valence-electron chi connectivity index (χ2n) is 3.84. The highest BCUT2D eigenvalue weighted by atomic mass is 28.3. The molecule has 0 atom stereocenters. The van der Waals surface area contributed by atoms with Crippen molar-refractivity contribution in [2.45, 2.75) is 26.2 Å². The van der Waals surface area contributed by atoms with Gasteiger partial charge in [-0.15, -0.1) is 0 Å². The third-order valence-electron chi connectivity index (χ3n) is 2.16. The van der Waals surface area contributed by atoms with Crippen molar-refractivity contribution in [2.24, 2.45) is 0 Å². The Morgan fingerprint density at radius 2 is 1.07 bits per heavy atom. The molecule has 0 aromatic heterocycles. The van der Waals surface area contributed by atoms with E-state index in [9.17, 15) is 9.59 Å². The van der Waals surface area contributed by atoms with Crippen molar-refractivity contribution >= 4 is 29.2 Å². The Morgan fingerprint density at radius 3 is 1.29 bits per heavy atom. The molecule has 1 aliphatic rings. The first-order valence-corrected chi connectivity index (χ1v) is 9.56. The first kappa shape index (κ1) is 11.3. The van der Waals surface area contributed by atoms with Gasteiger partial charge in [-0.3, -0.25) is 9.59 Å². The highest BCUT2D eigenvalue weighted by Crippen LogP contribution is 2.16. The van der Waals surface area contributed by atoms with Crippen molar-refractivity contribution in [1.29, 1.82) is 0 Å². The largest absolute Gasteiger partial charge is 0.290 e. The summed E-state index contributed by atoms with van der Waals surface area (Å²) in [5.41, 5.74) is 0. The number of hydrogen-bond donors (Lipinski definition) is 0. The third-order valence-corrected chi connectivity index (χ3v) is 5.10. The van der Waals surface area contributed by atoms with Crippen LogP contribution < -0.4 is 0 Å². The molecule has 1 aliphatic carbocycles.